The summed E-state index contributed by atoms with van der Waals surface area (Å²) in [5, 5.41) is 9.47. The first kappa shape index (κ1) is 20.3. The summed E-state index contributed by atoms with van der Waals surface area (Å²) in [4.78, 5) is 3.48. The van der Waals surface area contributed by atoms with E-state index in [1.165, 1.54) is 0 Å². The minimum atomic E-state index is -4.99. The van der Waals surface area contributed by atoms with Crippen molar-refractivity contribution >= 4 is 23.2 Å². The van der Waals surface area contributed by atoms with E-state index >= 15 is 0 Å². The van der Waals surface area contributed by atoms with E-state index in [-0.39, 0.29) is 11.8 Å². The fourth-order valence-corrected chi connectivity index (χ4v) is 3.15. The van der Waals surface area contributed by atoms with Gasteiger partial charge < -0.3 is 14.6 Å². The van der Waals surface area contributed by atoms with Gasteiger partial charge in [0.15, 0.2) is 6.10 Å². The summed E-state index contributed by atoms with van der Waals surface area (Å²) in [5.41, 5.74) is -0.158. The molecule has 1 aromatic carbocycles. The van der Waals surface area contributed by atoms with Crippen LogP contribution >= 0.6 is 23.2 Å². The highest BCUT2D eigenvalue weighted by Gasteiger charge is 2.80. The third-order valence-corrected chi connectivity index (χ3v) is 4.62. The molecule has 1 saturated heterocycles. The molecule has 0 spiro atoms. The van der Waals surface area contributed by atoms with Gasteiger partial charge in [-0.25, -0.2) is 4.98 Å². The molecule has 146 valence electrons. The monoisotopic (exact) mass is 425 g/mol. The second-order valence-corrected chi connectivity index (χ2v) is 6.67. The normalized spacial score (nSPS) is 26.3. The summed E-state index contributed by atoms with van der Waals surface area (Å²) >= 11 is 11.3. The zero-order chi connectivity index (χ0) is 19.9. The van der Waals surface area contributed by atoms with Crippen LogP contribution in [0.25, 0.3) is 0 Å². The van der Waals surface area contributed by atoms with Crippen LogP contribution in [0, 0.1) is 0 Å². The molecule has 0 amide bonds. The standard InChI is InChI=1S/C17H13Cl2F4NO3/c18-13-7-6-11(14(19)24-13)16(25)17(22,23)15(20,21)12(27-16)9-26-8-10-4-2-1-3-5-10/h1-7,12,25H,8-9H2. The summed E-state index contributed by atoms with van der Waals surface area (Å²) < 4.78 is 67.3. The largest absolute Gasteiger partial charge is 0.374 e. The van der Waals surface area contributed by atoms with Crippen molar-refractivity contribution in [1.82, 2.24) is 4.98 Å². The van der Waals surface area contributed by atoms with E-state index in [1.807, 2.05) is 0 Å². The van der Waals surface area contributed by atoms with Crippen molar-refractivity contribution in [1.29, 1.82) is 0 Å². The molecular formula is C17H13Cl2F4NO3. The molecule has 2 heterocycles. The van der Waals surface area contributed by atoms with Crippen LogP contribution in [0.4, 0.5) is 17.6 Å². The van der Waals surface area contributed by atoms with Gasteiger partial charge in [0.05, 0.1) is 18.8 Å². The summed E-state index contributed by atoms with van der Waals surface area (Å²) in [5.74, 6) is -13.4. The summed E-state index contributed by atoms with van der Waals surface area (Å²) in [6.45, 7) is -0.970. The molecule has 1 aliphatic rings. The maximum Gasteiger partial charge on any atom is 0.369 e. The molecule has 0 radical (unpaired) electrons. The third kappa shape index (κ3) is 3.40. The molecule has 1 aliphatic heterocycles. The maximum atomic E-state index is 14.4. The van der Waals surface area contributed by atoms with Gasteiger partial charge in [0, 0.05) is 0 Å². The van der Waals surface area contributed by atoms with Crippen LogP contribution in [-0.2, 0) is 21.9 Å². The van der Waals surface area contributed by atoms with Crippen LogP contribution in [0.3, 0.4) is 0 Å². The average Bonchev–Trinajstić information content (AvgIpc) is 2.73. The van der Waals surface area contributed by atoms with Gasteiger partial charge in [-0.2, -0.15) is 17.6 Å². The Balaban J connectivity index is 1.83. The van der Waals surface area contributed by atoms with E-state index in [0.29, 0.717) is 5.56 Å². The van der Waals surface area contributed by atoms with E-state index in [1.54, 1.807) is 30.3 Å². The molecule has 3 rings (SSSR count). The highest BCUT2D eigenvalue weighted by atomic mass is 35.5. The lowest BCUT2D eigenvalue weighted by Crippen LogP contribution is -2.52. The van der Waals surface area contributed by atoms with Gasteiger partial charge >= 0.3 is 11.8 Å². The van der Waals surface area contributed by atoms with Crippen LogP contribution in [0.1, 0.15) is 11.1 Å². The second-order valence-electron chi connectivity index (χ2n) is 5.92. The topological polar surface area (TPSA) is 51.6 Å². The minimum absolute atomic E-state index is 0.0932. The van der Waals surface area contributed by atoms with Gasteiger partial charge in [-0.15, -0.1) is 0 Å². The molecule has 10 heteroatoms. The predicted molar refractivity (Wildman–Crippen MR) is 89.0 cm³/mol. The van der Waals surface area contributed by atoms with Crippen molar-refractivity contribution < 1.29 is 32.1 Å². The van der Waals surface area contributed by atoms with E-state index in [2.05, 4.69) is 9.72 Å². The van der Waals surface area contributed by atoms with E-state index in [9.17, 15) is 22.7 Å². The van der Waals surface area contributed by atoms with Crippen LogP contribution in [0.2, 0.25) is 10.3 Å². The van der Waals surface area contributed by atoms with Crippen molar-refractivity contribution in [3.63, 3.8) is 0 Å². The summed E-state index contributed by atoms with van der Waals surface area (Å²) in [6.07, 6.45) is -2.41. The Morgan fingerprint density at radius 2 is 1.74 bits per heavy atom. The Bertz CT molecular complexity index is 825. The fourth-order valence-electron chi connectivity index (χ4n) is 2.68. The number of alkyl halides is 4. The van der Waals surface area contributed by atoms with Gasteiger partial charge in [-0.3, -0.25) is 0 Å². The Morgan fingerprint density at radius 1 is 1.07 bits per heavy atom. The van der Waals surface area contributed by atoms with Crippen molar-refractivity contribution in [2.45, 2.75) is 30.3 Å². The highest BCUT2D eigenvalue weighted by Crippen LogP contribution is 2.57. The molecule has 0 aliphatic carbocycles. The summed E-state index contributed by atoms with van der Waals surface area (Å²) in [6, 6.07) is 10.4. The van der Waals surface area contributed by atoms with Crippen molar-refractivity contribution in [3.05, 3.63) is 63.9 Å². The van der Waals surface area contributed by atoms with Crippen molar-refractivity contribution in [2.75, 3.05) is 6.61 Å². The first-order valence-electron chi connectivity index (χ1n) is 7.69. The fraction of sp³-hybridized carbons (Fsp3) is 0.353. The van der Waals surface area contributed by atoms with Gasteiger partial charge in [-0.05, 0) is 17.7 Å². The number of rotatable bonds is 5. The van der Waals surface area contributed by atoms with Crippen molar-refractivity contribution in [2.24, 2.45) is 0 Å². The smallest absolute Gasteiger partial charge is 0.369 e. The van der Waals surface area contributed by atoms with Crippen LogP contribution in [0.15, 0.2) is 42.5 Å². The maximum absolute atomic E-state index is 14.4. The van der Waals surface area contributed by atoms with Gasteiger partial charge in [-0.1, -0.05) is 53.5 Å². The molecule has 27 heavy (non-hydrogen) atoms. The molecular weight excluding hydrogens is 413 g/mol. The predicted octanol–water partition coefficient (Wildman–Crippen LogP) is 4.42. The number of benzene rings is 1. The number of hydrogen-bond acceptors (Lipinski definition) is 4. The Morgan fingerprint density at radius 3 is 2.37 bits per heavy atom. The number of nitrogens with zero attached hydrogens (tertiary/aromatic N) is 1. The Kier molecular flexibility index (Phi) is 5.39. The van der Waals surface area contributed by atoms with Crippen LogP contribution in [-0.4, -0.2) is 34.6 Å². The molecule has 2 unspecified atom stereocenters. The number of halogens is 6. The van der Waals surface area contributed by atoms with Crippen molar-refractivity contribution in [3.8, 4) is 0 Å². The molecule has 1 aromatic heterocycles. The second kappa shape index (κ2) is 7.18. The summed E-state index contributed by atoms with van der Waals surface area (Å²) in [7, 11) is 0. The third-order valence-electron chi connectivity index (χ3n) is 4.12. The Hall–Kier alpha value is -1.45. The van der Waals surface area contributed by atoms with E-state index in [0.717, 1.165) is 12.1 Å². The van der Waals surface area contributed by atoms with Gasteiger partial charge in [0.2, 0.25) is 0 Å². The molecule has 4 nitrogen and oxygen atoms in total. The number of pyridine rings is 1. The molecule has 0 bridgehead atoms. The SMILES string of the molecule is OC1(c2ccc(Cl)nc2Cl)OC(COCc2ccccc2)C(F)(F)C1(F)F. The van der Waals surface area contributed by atoms with Crippen LogP contribution < -0.4 is 0 Å². The van der Waals surface area contributed by atoms with Gasteiger partial charge in [0.1, 0.15) is 10.3 Å². The molecule has 2 aromatic rings. The number of hydrogen-bond donors (Lipinski definition) is 1. The zero-order valence-corrected chi connectivity index (χ0v) is 15.0. The first-order chi connectivity index (χ1) is 12.6. The lowest BCUT2D eigenvalue weighted by atomic mass is 9.97. The lowest BCUT2D eigenvalue weighted by molar-refractivity contribution is -0.309. The molecule has 2 atom stereocenters. The lowest BCUT2D eigenvalue weighted by Gasteiger charge is -2.29. The molecule has 1 N–H and O–H groups in total. The van der Waals surface area contributed by atoms with E-state index in [4.69, 9.17) is 27.9 Å². The van der Waals surface area contributed by atoms with Crippen LogP contribution in [0.5, 0.6) is 0 Å². The quantitative estimate of drug-likeness (QED) is 0.568. The number of aromatic nitrogens is 1. The molecule has 1 fully saturated rings. The molecule has 0 saturated carbocycles. The number of aliphatic hydroxyl groups is 1. The Labute approximate surface area is 161 Å². The first-order valence-corrected chi connectivity index (χ1v) is 8.45. The minimum Gasteiger partial charge on any atom is -0.374 e. The zero-order valence-electron chi connectivity index (χ0n) is 13.5. The highest BCUT2D eigenvalue weighted by molar-refractivity contribution is 6.32. The number of ether oxygens (including phenoxy) is 2. The van der Waals surface area contributed by atoms with E-state index < -0.39 is 41.1 Å². The van der Waals surface area contributed by atoms with Gasteiger partial charge in [0.25, 0.3) is 5.79 Å². The average molecular weight is 426 g/mol.